The smallest absolute Gasteiger partial charge is 0.287 e. The molecule has 2 fully saturated rings. The number of hydrogen-bond donors (Lipinski definition) is 0. The van der Waals surface area contributed by atoms with Gasteiger partial charge in [0.1, 0.15) is 0 Å². The Labute approximate surface area is 205 Å². The zero-order valence-corrected chi connectivity index (χ0v) is 22.2. The van der Waals surface area contributed by atoms with Gasteiger partial charge in [-0.05, 0) is 106 Å². The van der Waals surface area contributed by atoms with Crippen molar-refractivity contribution in [3.8, 4) is 12.1 Å². The summed E-state index contributed by atoms with van der Waals surface area (Å²) in [7, 11) is -3.82. The van der Waals surface area contributed by atoms with E-state index in [9.17, 15) is 15.1 Å². The lowest BCUT2D eigenvalue weighted by Crippen LogP contribution is -2.52. The fourth-order valence-electron chi connectivity index (χ4n) is 8.12. The standard InChI is InChI=1S/C27H39N2O4P/c1-6-31-34(30,32-7-2)33-27(5,18-29)24-11-10-22-21-9-8-20-16-19(17-28)12-14-25(20,3)23(21)13-15-26(22,24)4/h8,16,21-24H,6-7,9-15H2,1-5H3/t21?,22?,23?,24-,25-,26-,27?/m0/s1. The van der Waals surface area contributed by atoms with Crippen LogP contribution in [0.3, 0.4) is 0 Å². The minimum absolute atomic E-state index is 0.0418. The Balaban J connectivity index is 1.62. The first kappa shape index (κ1) is 25.7. The lowest BCUT2D eigenvalue weighted by atomic mass is 9.47. The van der Waals surface area contributed by atoms with Gasteiger partial charge in [-0.15, -0.1) is 0 Å². The highest BCUT2D eigenvalue weighted by Crippen LogP contribution is 2.68. The van der Waals surface area contributed by atoms with Crippen LogP contribution in [-0.4, -0.2) is 18.8 Å². The molecule has 4 aliphatic rings. The van der Waals surface area contributed by atoms with Crippen molar-refractivity contribution in [1.29, 1.82) is 10.5 Å². The van der Waals surface area contributed by atoms with Crippen LogP contribution in [0.25, 0.3) is 0 Å². The minimum atomic E-state index is -3.82. The average Bonchev–Trinajstić information content (AvgIpc) is 3.16. The van der Waals surface area contributed by atoms with Crippen molar-refractivity contribution in [3.63, 3.8) is 0 Å². The fraction of sp³-hybridized carbons (Fsp3) is 0.778. The van der Waals surface area contributed by atoms with Gasteiger partial charge in [-0.2, -0.15) is 10.5 Å². The summed E-state index contributed by atoms with van der Waals surface area (Å²) in [5, 5.41) is 19.7. The van der Waals surface area contributed by atoms with Crippen molar-refractivity contribution in [1.82, 2.24) is 0 Å². The molecule has 0 aromatic rings. The lowest BCUT2D eigenvalue weighted by molar-refractivity contribution is -0.0778. The minimum Gasteiger partial charge on any atom is -0.287 e. The van der Waals surface area contributed by atoms with E-state index in [1.54, 1.807) is 20.8 Å². The molecule has 7 heteroatoms. The molecule has 0 heterocycles. The van der Waals surface area contributed by atoms with E-state index in [2.05, 4.69) is 38.1 Å². The summed E-state index contributed by atoms with van der Waals surface area (Å²) in [4.78, 5) is 0. The van der Waals surface area contributed by atoms with Crippen LogP contribution < -0.4 is 0 Å². The van der Waals surface area contributed by atoms with E-state index in [1.807, 2.05) is 0 Å². The monoisotopic (exact) mass is 486 g/mol. The Morgan fingerprint density at radius 3 is 2.44 bits per heavy atom. The van der Waals surface area contributed by atoms with Crippen LogP contribution in [0.4, 0.5) is 0 Å². The van der Waals surface area contributed by atoms with Gasteiger partial charge in [-0.25, -0.2) is 4.57 Å². The van der Waals surface area contributed by atoms with E-state index in [4.69, 9.17) is 13.6 Å². The molecule has 0 N–H and O–H groups in total. The van der Waals surface area contributed by atoms with Crippen molar-refractivity contribution in [2.24, 2.45) is 34.5 Å². The summed E-state index contributed by atoms with van der Waals surface area (Å²) in [5.41, 5.74) is 1.06. The van der Waals surface area contributed by atoms with Crippen LogP contribution >= 0.6 is 7.82 Å². The molecule has 0 aliphatic heterocycles. The number of allylic oxidation sites excluding steroid dienone is 4. The second kappa shape index (κ2) is 9.22. The lowest BCUT2D eigenvalue weighted by Gasteiger charge is -2.57. The van der Waals surface area contributed by atoms with Gasteiger partial charge in [0.25, 0.3) is 0 Å². The zero-order chi connectivity index (χ0) is 24.8. The molecule has 0 amide bonds. The first-order valence-electron chi connectivity index (χ1n) is 12.9. The highest BCUT2D eigenvalue weighted by molar-refractivity contribution is 7.48. The molecule has 4 aliphatic carbocycles. The Bertz CT molecular complexity index is 999. The van der Waals surface area contributed by atoms with Gasteiger partial charge in [0.15, 0.2) is 5.60 Å². The SMILES string of the molecule is CCOP(=O)(OCC)OC(C)(C#N)[C@H]1CCC2C3CC=C4C=C(C#N)CC[C@]4(C)C3CC[C@@]21C. The largest absolute Gasteiger partial charge is 0.476 e. The van der Waals surface area contributed by atoms with Gasteiger partial charge in [-0.3, -0.25) is 13.6 Å². The van der Waals surface area contributed by atoms with Gasteiger partial charge >= 0.3 is 7.82 Å². The zero-order valence-electron chi connectivity index (χ0n) is 21.3. The first-order valence-corrected chi connectivity index (χ1v) is 14.4. The number of hydrogen-bond acceptors (Lipinski definition) is 6. The van der Waals surface area contributed by atoms with Crippen molar-refractivity contribution in [2.45, 2.75) is 85.2 Å². The highest BCUT2D eigenvalue weighted by Gasteiger charge is 2.63. The molecule has 4 rings (SSSR count). The van der Waals surface area contributed by atoms with Crippen LogP contribution in [0.15, 0.2) is 23.3 Å². The summed E-state index contributed by atoms with van der Waals surface area (Å²) in [6.45, 7) is 10.4. The molecule has 0 bridgehead atoms. The second-order valence-corrected chi connectivity index (χ2v) is 12.8. The van der Waals surface area contributed by atoms with Crippen LogP contribution in [0.5, 0.6) is 0 Å². The molecule has 6 nitrogen and oxygen atoms in total. The maximum absolute atomic E-state index is 13.2. The highest BCUT2D eigenvalue weighted by atomic mass is 31.2. The van der Waals surface area contributed by atoms with E-state index in [1.165, 1.54) is 5.57 Å². The normalized spacial score (nSPS) is 38.8. The quantitative estimate of drug-likeness (QED) is 0.356. The van der Waals surface area contributed by atoms with Gasteiger partial charge in [0.05, 0.1) is 25.4 Å². The predicted molar refractivity (Wildman–Crippen MR) is 130 cm³/mol. The van der Waals surface area contributed by atoms with Crippen molar-refractivity contribution in [2.75, 3.05) is 13.2 Å². The summed E-state index contributed by atoms with van der Waals surface area (Å²) < 4.78 is 30.0. The molecule has 34 heavy (non-hydrogen) atoms. The molecule has 0 saturated heterocycles. The van der Waals surface area contributed by atoms with E-state index in [-0.39, 0.29) is 30.0 Å². The van der Waals surface area contributed by atoms with Crippen LogP contribution in [0.1, 0.15) is 79.6 Å². The van der Waals surface area contributed by atoms with Crippen molar-refractivity contribution < 1.29 is 18.1 Å². The molecular formula is C27H39N2O4P. The van der Waals surface area contributed by atoms with E-state index in [0.29, 0.717) is 17.8 Å². The number of rotatable bonds is 7. The third-order valence-electron chi connectivity index (χ3n) is 9.67. The number of fused-ring (bicyclic) bond motifs is 5. The van der Waals surface area contributed by atoms with E-state index >= 15 is 0 Å². The molecule has 0 aromatic carbocycles. The molecule has 186 valence electrons. The average molecular weight is 487 g/mol. The summed E-state index contributed by atoms with van der Waals surface area (Å²) in [6, 6.07) is 4.75. The van der Waals surface area contributed by atoms with Crippen molar-refractivity contribution >= 4 is 7.82 Å². The third-order valence-corrected chi connectivity index (χ3v) is 11.4. The molecular weight excluding hydrogens is 447 g/mol. The Hall–Kier alpha value is -1.43. The molecule has 7 atom stereocenters. The Morgan fingerprint density at radius 2 is 1.82 bits per heavy atom. The fourth-order valence-corrected chi connectivity index (χ4v) is 9.56. The number of nitriles is 2. The van der Waals surface area contributed by atoms with Gasteiger partial charge in [0, 0.05) is 11.5 Å². The number of phosphoric ester groups is 1. The van der Waals surface area contributed by atoms with E-state index in [0.717, 1.165) is 50.5 Å². The van der Waals surface area contributed by atoms with E-state index < -0.39 is 13.4 Å². The topological polar surface area (TPSA) is 92.3 Å². The molecule has 4 unspecified atom stereocenters. The molecule has 2 saturated carbocycles. The maximum atomic E-state index is 13.2. The molecule has 0 radical (unpaired) electrons. The molecule has 0 aromatic heterocycles. The van der Waals surface area contributed by atoms with Gasteiger partial charge in [-0.1, -0.05) is 19.9 Å². The third kappa shape index (κ3) is 4.02. The van der Waals surface area contributed by atoms with Crippen LogP contribution in [0, 0.1) is 57.2 Å². The Morgan fingerprint density at radius 1 is 1.12 bits per heavy atom. The Kier molecular flexibility index (Phi) is 6.96. The maximum Gasteiger partial charge on any atom is 0.476 e. The summed E-state index contributed by atoms with van der Waals surface area (Å²) >= 11 is 0. The molecule has 0 spiro atoms. The number of phosphoric acid groups is 1. The number of nitrogens with zero attached hydrogens (tertiary/aromatic N) is 2. The predicted octanol–water partition coefficient (Wildman–Crippen LogP) is 7.11. The van der Waals surface area contributed by atoms with Gasteiger partial charge < -0.3 is 0 Å². The van der Waals surface area contributed by atoms with Crippen LogP contribution in [-0.2, 0) is 18.1 Å². The van der Waals surface area contributed by atoms with Crippen LogP contribution in [0.2, 0.25) is 0 Å². The summed E-state index contributed by atoms with van der Waals surface area (Å²) in [5.74, 6) is 1.60. The summed E-state index contributed by atoms with van der Waals surface area (Å²) in [6.07, 6.45) is 11.5. The first-order chi connectivity index (χ1) is 16.1. The van der Waals surface area contributed by atoms with Gasteiger partial charge in [0.2, 0.25) is 0 Å². The second-order valence-electron chi connectivity index (χ2n) is 11.2. The van der Waals surface area contributed by atoms with Crippen molar-refractivity contribution in [3.05, 3.63) is 23.3 Å².